The Morgan fingerprint density at radius 1 is 0.944 bits per heavy atom. The molecule has 1 saturated heterocycles. The summed E-state index contributed by atoms with van der Waals surface area (Å²) in [6.07, 6.45) is 0. The minimum absolute atomic E-state index is 0.388. The topological polar surface area (TPSA) is 75.7 Å². The quantitative estimate of drug-likeness (QED) is 0.332. The van der Waals surface area contributed by atoms with Crippen LogP contribution in [-0.2, 0) is 4.74 Å². The molecular formula is C28H27ClN4O3. The Labute approximate surface area is 215 Å². The Morgan fingerprint density at radius 2 is 1.67 bits per heavy atom. The van der Waals surface area contributed by atoms with Crippen LogP contribution in [0.25, 0.3) is 21.9 Å². The second-order valence-corrected chi connectivity index (χ2v) is 8.97. The highest BCUT2D eigenvalue weighted by Crippen LogP contribution is 2.35. The van der Waals surface area contributed by atoms with Crippen molar-refractivity contribution in [2.24, 2.45) is 0 Å². The maximum Gasteiger partial charge on any atom is 0.323 e. The van der Waals surface area contributed by atoms with Crippen LogP contribution in [0, 0.1) is 6.92 Å². The van der Waals surface area contributed by atoms with E-state index in [0.29, 0.717) is 22.1 Å². The number of morpholine rings is 1. The maximum absolute atomic E-state index is 12.9. The lowest BCUT2D eigenvalue weighted by molar-refractivity contribution is 0.122. The molecule has 0 atom stereocenters. The maximum atomic E-state index is 12.9. The van der Waals surface area contributed by atoms with Crippen molar-refractivity contribution < 1.29 is 14.3 Å². The van der Waals surface area contributed by atoms with E-state index in [4.69, 9.17) is 26.1 Å². The summed E-state index contributed by atoms with van der Waals surface area (Å²) in [5.74, 6) is 1.49. The first kappa shape index (κ1) is 23.9. The standard InChI is InChI=1S/C28H27ClN4O3/c1-18-20(9-12-27(30-18)33-13-15-36-16-14-33)22-8-10-24(23-6-4-3-5-21(22)23)31-28(34)32-25-17-19(29)7-11-26(25)35-2/h3-12,17H,13-16H2,1-2H3,(H2,31,32,34). The molecule has 3 aromatic carbocycles. The second-order valence-electron chi connectivity index (χ2n) is 8.53. The van der Waals surface area contributed by atoms with E-state index in [1.807, 2.05) is 37.3 Å². The van der Waals surface area contributed by atoms with Crippen molar-refractivity contribution in [3.05, 3.63) is 77.4 Å². The van der Waals surface area contributed by atoms with E-state index in [1.54, 1.807) is 25.3 Å². The molecule has 7 nitrogen and oxygen atoms in total. The molecule has 184 valence electrons. The minimum atomic E-state index is -0.388. The largest absolute Gasteiger partial charge is 0.495 e. The van der Waals surface area contributed by atoms with Crippen molar-refractivity contribution in [1.29, 1.82) is 0 Å². The molecule has 0 unspecified atom stereocenters. The molecular weight excluding hydrogens is 476 g/mol. The van der Waals surface area contributed by atoms with Gasteiger partial charge in [0, 0.05) is 34.8 Å². The molecule has 1 aromatic heterocycles. The lowest BCUT2D eigenvalue weighted by Crippen LogP contribution is -2.36. The number of nitrogens with zero attached hydrogens (tertiary/aromatic N) is 2. The molecule has 1 fully saturated rings. The van der Waals surface area contributed by atoms with Gasteiger partial charge in [0.2, 0.25) is 0 Å². The second kappa shape index (κ2) is 10.4. The third-order valence-electron chi connectivity index (χ3n) is 6.28. The van der Waals surface area contributed by atoms with E-state index in [0.717, 1.165) is 59.7 Å². The molecule has 0 bridgehead atoms. The normalized spacial score (nSPS) is 13.5. The summed E-state index contributed by atoms with van der Waals surface area (Å²) >= 11 is 6.10. The fraction of sp³-hybridized carbons (Fsp3) is 0.214. The Bertz CT molecular complexity index is 1420. The van der Waals surface area contributed by atoms with Gasteiger partial charge in [0.25, 0.3) is 0 Å². The van der Waals surface area contributed by atoms with Crippen molar-refractivity contribution in [3.63, 3.8) is 0 Å². The highest BCUT2D eigenvalue weighted by Gasteiger charge is 2.16. The Hall–Kier alpha value is -3.81. The first-order chi connectivity index (χ1) is 17.5. The number of rotatable bonds is 5. The van der Waals surface area contributed by atoms with Gasteiger partial charge >= 0.3 is 6.03 Å². The zero-order valence-electron chi connectivity index (χ0n) is 20.2. The molecule has 4 aromatic rings. The zero-order chi connectivity index (χ0) is 25.1. The molecule has 2 heterocycles. The van der Waals surface area contributed by atoms with E-state index in [9.17, 15) is 4.79 Å². The van der Waals surface area contributed by atoms with Gasteiger partial charge in [0.05, 0.1) is 31.7 Å². The SMILES string of the molecule is COc1ccc(Cl)cc1NC(=O)Nc1ccc(-c2ccc(N3CCOCC3)nc2C)c2ccccc12. The summed E-state index contributed by atoms with van der Waals surface area (Å²) < 4.78 is 10.8. The summed E-state index contributed by atoms with van der Waals surface area (Å²) in [7, 11) is 1.54. The third-order valence-corrected chi connectivity index (χ3v) is 6.51. The van der Waals surface area contributed by atoms with Crippen LogP contribution >= 0.6 is 11.6 Å². The van der Waals surface area contributed by atoms with Crippen molar-refractivity contribution in [1.82, 2.24) is 4.98 Å². The molecule has 0 radical (unpaired) electrons. The average molecular weight is 503 g/mol. The van der Waals surface area contributed by atoms with E-state index < -0.39 is 0 Å². The van der Waals surface area contributed by atoms with E-state index in [2.05, 4.69) is 33.7 Å². The molecule has 2 amide bonds. The van der Waals surface area contributed by atoms with Gasteiger partial charge in [0.15, 0.2) is 0 Å². The number of methoxy groups -OCH3 is 1. The number of carbonyl (C=O) groups excluding carboxylic acids is 1. The van der Waals surface area contributed by atoms with Crippen molar-refractivity contribution in [2.45, 2.75) is 6.92 Å². The van der Waals surface area contributed by atoms with Gasteiger partial charge in [-0.1, -0.05) is 41.9 Å². The first-order valence-corrected chi connectivity index (χ1v) is 12.2. The fourth-order valence-electron chi connectivity index (χ4n) is 4.50. The molecule has 0 aliphatic carbocycles. The number of aromatic nitrogens is 1. The van der Waals surface area contributed by atoms with Crippen molar-refractivity contribution in [2.75, 3.05) is 48.9 Å². The number of hydrogen-bond donors (Lipinski definition) is 2. The number of halogens is 1. The lowest BCUT2D eigenvalue weighted by atomic mass is 9.96. The Morgan fingerprint density at radius 3 is 2.42 bits per heavy atom. The van der Waals surface area contributed by atoms with Crippen LogP contribution in [0.5, 0.6) is 5.75 Å². The molecule has 0 spiro atoms. The van der Waals surface area contributed by atoms with Crippen LogP contribution in [-0.4, -0.2) is 44.4 Å². The van der Waals surface area contributed by atoms with Gasteiger partial charge in [-0.2, -0.15) is 0 Å². The van der Waals surface area contributed by atoms with Crippen LogP contribution in [0.3, 0.4) is 0 Å². The summed E-state index contributed by atoms with van der Waals surface area (Å²) in [6.45, 7) is 5.17. The summed E-state index contributed by atoms with van der Waals surface area (Å²) in [4.78, 5) is 20.0. The summed E-state index contributed by atoms with van der Waals surface area (Å²) in [6, 6.07) is 20.8. The van der Waals surface area contributed by atoms with E-state index in [-0.39, 0.29) is 6.03 Å². The Kier molecular flexibility index (Phi) is 6.93. The lowest BCUT2D eigenvalue weighted by Gasteiger charge is -2.28. The molecule has 1 aliphatic rings. The van der Waals surface area contributed by atoms with Gasteiger partial charge < -0.3 is 25.0 Å². The van der Waals surface area contributed by atoms with Crippen LogP contribution in [0.4, 0.5) is 22.0 Å². The predicted molar refractivity (Wildman–Crippen MR) is 146 cm³/mol. The number of urea groups is 1. The molecule has 2 N–H and O–H groups in total. The smallest absolute Gasteiger partial charge is 0.323 e. The van der Waals surface area contributed by atoms with Crippen LogP contribution in [0.1, 0.15) is 5.69 Å². The van der Waals surface area contributed by atoms with Crippen molar-refractivity contribution >= 4 is 45.6 Å². The van der Waals surface area contributed by atoms with Crippen molar-refractivity contribution in [3.8, 4) is 16.9 Å². The number of fused-ring (bicyclic) bond motifs is 1. The highest BCUT2D eigenvalue weighted by molar-refractivity contribution is 6.31. The average Bonchev–Trinajstić information content (AvgIpc) is 2.90. The molecule has 5 rings (SSSR count). The minimum Gasteiger partial charge on any atom is -0.495 e. The third kappa shape index (κ3) is 4.94. The number of carbonyl (C=O) groups is 1. The van der Waals surface area contributed by atoms with Crippen LogP contribution in [0.15, 0.2) is 66.7 Å². The van der Waals surface area contributed by atoms with Gasteiger partial charge in [-0.25, -0.2) is 9.78 Å². The van der Waals surface area contributed by atoms with E-state index in [1.165, 1.54) is 0 Å². The number of anilines is 3. The first-order valence-electron chi connectivity index (χ1n) is 11.8. The van der Waals surface area contributed by atoms with Gasteiger partial charge in [-0.15, -0.1) is 0 Å². The van der Waals surface area contributed by atoms with E-state index >= 15 is 0 Å². The number of nitrogens with one attached hydrogen (secondary N) is 2. The number of aryl methyl sites for hydroxylation is 1. The number of amides is 2. The summed E-state index contributed by atoms with van der Waals surface area (Å²) in [5.41, 5.74) is 4.26. The van der Waals surface area contributed by atoms with Crippen LogP contribution < -0.4 is 20.3 Å². The number of pyridine rings is 1. The van der Waals surface area contributed by atoms with Gasteiger partial charge in [0.1, 0.15) is 11.6 Å². The van der Waals surface area contributed by atoms with Gasteiger partial charge in [-0.05, 0) is 54.3 Å². The number of ether oxygens (including phenoxy) is 2. The monoisotopic (exact) mass is 502 g/mol. The predicted octanol–water partition coefficient (Wildman–Crippen LogP) is 6.35. The number of benzene rings is 3. The number of hydrogen-bond acceptors (Lipinski definition) is 5. The molecule has 8 heteroatoms. The fourth-order valence-corrected chi connectivity index (χ4v) is 4.67. The van der Waals surface area contributed by atoms with Gasteiger partial charge in [-0.3, -0.25) is 0 Å². The highest BCUT2D eigenvalue weighted by atomic mass is 35.5. The Balaban J connectivity index is 1.44. The molecule has 36 heavy (non-hydrogen) atoms. The zero-order valence-corrected chi connectivity index (χ0v) is 20.9. The molecule has 1 aliphatic heterocycles. The molecule has 0 saturated carbocycles. The summed E-state index contributed by atoms with van der Waals surface area (Å²) in [5, 5.41) is 8.25. The van der Waals surface area contributed by atoms with Crippen LogP contribution in [0.2, 0.25) is 5.02 Å².